The minimum Gasteiger partial charge on any atom is -0.379 e. The van der Waals surface area contributed by atoms with E-state index < -0.39 is 17.3 Å². The van der Waals surface area contributed by atoms with Crippen molar-refractivity contribution in [2.75, 3.05) is 51.3 Å². The molecule has 0 amide bonds. The molecule has 5 heterocycles. The van der Waals surface area contributed by atoms with Crippen molar-refractivity contribution in [3.05, 3.63) is 39.2 Å². The molecular formula is C24H30N8O4. The van der Waals surface area contributed by atoms with Gasteiger partial charge in [-0.1, -0.05) is 0 Å². The topological polar surface area (TPSA) is 139 Å². The Kier molecular flexibility index (Phi) is 6.15. The molecule has 0 aromatic carbocycles. The van der Waals surface area contributed by atoms with Crippen LogP contribution in [0.2, 0.25) is 0 Å². The van der Waals surface area contributed by atoms with Crippen LogP contribution in [0.3, 0.4) is 0 Å². The Morgan fingerprint density at radius 3 is 2.69 bits per heavy atom. The van der Waals surface area contributed by atoms with Gasteiger partial charge in [0.25, 0.3) is 11.5 Å². The number of aromatic nitrogens is 5. The smallest absolute Gasteiger partial charge is 0.339 e. The average molecular weight is 495 g/mol. The van der Waals surface area contributed by atoms with Crippen LogP contribution in [0.5, 0.6) is 0 Å². The maximum atomic E-state index is 13.3. The summed E-state index contributed by atoms with van der Waals surface area (Å²) in [4.78, 5) is 54.2. The Hall–Kier alpha value is -3.35. The fourth-order valence-corrected chi connectivity index (χ4v) is 4.93. The molecule has 0 radical (unpaired) electrons. The molecule has 2 aliphatic heterocycles. The lowest BCUT2D eigenvalue weighted by molar-refractivity contribution is 0.0398. The number of hydrogen-bond donors (Lipinski definition) is 3. The summed E-state index contributed by atoms with van der Waals surface area (Å²) in [6.07, 6.45) is 4.68. The first-order chi connectivity index (χ1) is 17.6. The molecule has 0 spiro atoms. The predicted molar refractivity (Wildman–Crippen MR) is 134 cm³/mol. The molecule has 12 nitrogen and oxygen atoms in total. The van der Waals surface area contributed by atoms with Crippen molar-refractivity contribution in [2.24, 2.45) is 0 Å². The number of carbonyl (C=O) groups is 1. The zero-order chi connectivity index (χ0) is 24.6. The Morgan fingerprint density at radius 1 is 1.17 bits per heavy atom. The van der Waals surface area contributed by atoms with Gasteiger partial charge in [0.15, 0.2) is 11.2 Å². The van der Waals surface area contributed by atoms with Gasteiger partial charge in [0.1, 0.15) is 11.6 Å². The van der Waals surface area contributed by atoms with Gasteiger partial charge in [-0.25, -0.2) is 19.3 Å². The second-order valence-electron chi connectivity index (χ2n) is 9.61. The van der Waals surface area contributed by atoms with Crippen LogP contribution in [-0.2, 0) is 4.74 Å². The summed E-state index contributed by atoms with van der Waals surface area (Å²) >= 11 is 0. The second-order valence-corrected chi connectivity index (χ2v) is 9.61. The molecule has 3 fully saturated rings. The highest BCUT2D eigenvalue weighted by Gasteiger charge is 2.33. The zero-order valence-corrected chi connectivity index (χ0v) is 20.0. The van der Waals surface area contributed by atoms with Crippen molar-refractivity contribution >= 4 is 22.9 Å². The maximum Gasteiger partial charge on any atom is 0.339 e. The number of imidazole rings is 1. The number of nitrogens with one attached hydrogen (secondary N) is 3. The molecule has 3 aromatic rings. The lowest BCUT2D eigenvalue weighted by atomic mass is 10.2. The molecule has 1 saturated carbocycles. The van der Waals surface area contributed by atoms with E-state index in [1.807, 2.05) is 12.1 Å². The molecule has 3 N–H and O–H groups in total. The monoisotopic (exact) mass is 494 g/mol. The highest BCUT2D eigenvalue weighted by Crippen LogP contribution is 2.32. The number of morpholine rings is 1. The van der Waals surface area contributed by atoms with Crippen LogP contribution in [0.15, 0.2) is 27.9 Å². The van der Waals surface area contributed by atoms with Gasteiger partial charge in [-0.3, -0.25) is 19.1 Å². The first-order valence-electron chi connectivity index (χ1n) is 12.7. The first-order valence-corrected chi connectivity index (χ1v) is 12.7. The minimum atomic E-state index is -0.607. The predicted octanol–water partition coefficient (Wildman–Crippen LogP) is 0.420. The van der Waals surface area contributed by atoms with Gasteiger partial charge in [-0.2, -0.15) is 0 Å². The first kappa shape index (κ1) is 23.1. The fraction of sp³-hybridized carbons (Fsp3) is 0.542. The quantitative estimate of drug-likeness (QED) is 0.426. The number of aromatic amines is 1. The molecular weight excluding hydrogens is 464 g/mol. The summed E-state index contributed by atoms with van der Waals surface area (Å²) in [5, 5.41) is 6.47. The van der Waals surface area contributed by atoms with Gasteiger partial charge in [-0.15, -0.1) is 0 Å². The lowest BCUT2D eigenvalue weighted by Crippen LogP contribution is -2.46. The number of pyridine rings is 1. The van der Waals surface area contributed by atoms with Gasteiger partial charge in [0.2, 0.25) is 0 Å². The van der Waals surface area contributed by atoms with Gasteiger partial charge < -0.3 is 20.4 Å². The SMILES string of the molecule is O=C(C1CCCN1)n1c(=O)n(C2CC2)c(=O)c2[nH]c(-c3ccc(NCCN4CCOCC4)nc3)nc21. The van der Waals surface area contributed by atoms with Crippen LogP contribution in [0.4, 0.5) is 5.82 Å². The van der Waals surface area contributed by atoms with Gasteiger partial charge in [0.05, 0.1) is 19.3 Å². The number of anilines is 1. The molecule has 1 unspecified atom stereocenters. The van der Waals surface area contributed by atoms with E-state index in [1.165, 1.54) is 4.57 Å². The molecule has 190 valence electrons. The van der Waals surface area contributed by atoms with Crippen molar-refractivity contribution in [3.63, 3.8) is 0 Å². The highest BCUT2D eigenvalue weighted by atomic mass is 16.5. The van der Waals surface area contributed by atoms with Crippen molar-refractivity contribution in [2.45, 2.75) is 37.8 Å². The lowest BCUT2D eigenvalue weighted by Gasteiger charge is -2.26. The van der Waals surface area contributed by atoms with E-state index >= 15 is 0 Å². The molecule has 2 saturated heterocycles. The molecule has 36 heavy (non-hydrogen) atoms. The number of H-pyrrole nitrogens is 1. The van der Waals surface area contributed by atoms with Crippen molar-refractivity contribution in [3.8, 4) is 11.4 Å². The summed E-state index contributed by atoms with van der Waals surface area (Å²) in [5.41, 5.74) is -0.148. The minimum absolute atomic E-state index is 0.0725. The molecule has 1 aliphatic carbocycles. The number of fused-ring (bicyclic) bond motifs is 1. The van der Waals surface area contributed by atoms with Gasteiger partial charge >= 0.3 is 5.69 Å². The molecule has 3 aromatic heterocycles. The molecule has 0 bridgehead atoms. The Balaban J connectivity index is 1.28. The number of rotatable bonds is 7. The molecule has 1 atom stereocenters. The fourth-order valence-electron chi connectivity index (χ4n) is 4.93. The van der Waals surface area contributed by atoms with Crippen molar-refractivity contribution in [1.29, 1.82) is 0 Å². The summed E-state index contributed by atoms with van der Waals surface area (Å²) in [6.45, 7) is 5.81. The Bertz CT molecular complexity index is 1380. The van der Waals surface area contributed by atoms with Crippen molar-refractivity contribution < 1.29 is 9.53 Å². The summed E-state index contributed by atoms with van der Waals surface area (Å²) in [7, 11) is 0. The summed E-state index contributed by atoms with van der Waals surface area (Å²) in [6, 6.07) is 3.08. The van der Waals surface area contributed by atoms with Crippen molar-refractivity contribution in [1.82, 2.24) is 34.3 Å². The third-order valence-corrected chi connectivity index (χ3v) is 7.09. The molecule has 3 aliphatic rings. The van der Waals surface area contributed by atoms with Crippen LogP contribution in [0.25, 0.3) is 22.6 Å². The Morgan fingerprint density at radius 2 is 2.00 bits per heavy atom. The second kappa shape index (κ2) is 9.60. The number of ether oxygens (including phenoxy) is 1. The largest absolute Gasteiger partial charge is 0.379 e. The number of hydrogen-bond acceptors (Lipinski definition) is 9. The van der Waals surface area contributed by atoms with Gasteiger partial charge in [0, 0.05) is 44.0 Å². The van der Waals surface area contributed by atoms with Crippen LogP contribution in [0, 0.1) is 0 Å². The van der Waals surface area contributed by atoms with E-state index in [2.05, 4.69) is 30.5 Å². The van der Waals surface area contributed by atoms with E-state index in [-0.39, 0.29) is 23.1 Å². The zero-order valence-electron chi connectivity index (χ0n) is 20.0. The van der Waals surface area contributed by atoms with E-state index in [9.17, 15) is 14.4 Å². The normalized spacial score (nSPS) is 20.7. The van der Waals surface area contributed by atoms with E-state index in [0.29, 0.717) is 17.8 Å². The summed E-state index contributed by atoms with van der Waals surface area (Å²) < 4.78 is 7.66. The van der Waals surface area contributed by atoms with Crippen LogP contribution >= 0.6 is 0 Å². The maximum absolute atomic E-state index is 13.3. The van der Waals surface area contributed by atoms with E-state index in [0.717, 1.165) is 75.6 Å². The number of carbonyl (C=O) groups excluding carboxylic acids is 1. The standard InChI is InChI=1S/C24H30N8O4/c33-22(17-2-1-7-25-17)32-21-19(23(34)31(24(32)35)16-4-5-16)28-20(29-21)15-3-6-18(27-14-15)26-8-9-30-10-12-36-13-11-30/h3,6,14,16-17,25H,1-2,4-5,7-13H2,(H,26,27)(H,28,29). The van der Waals surface area contributed by atoms with Crippen LogP contribution < -0.4 is 21.9 Å². The third-order valence-electron chi connectivity index (χ3n) is 7.09. The third kappa shape index (κ3) is 4.36. The van der Waals surface area contributed by atoms with Crippen LogP contribution in [0.1, 0.15) is 36.5 Å². The van der Waals surface area contributed by atoms with Crippen LogP contribution in [-0.4, -0.2) is 86.9 Å². The molecule has 12 heteroatoms. The number of nitrogens with zero attached hydrogens (tertiary/aromatic N) is 5. The average Bonchev–Trinajstić information content (AvgIpc) is 3.38. The summed E-state index contributed by atoms with van der Waals surface area (Å²) in [5.74, 6) is 0.759. The van der Waals surface area contributed by atoms with E-state index in [4.69, 9.17) is 4.74 Å². The van der Waals surface area contributed by atoms with E-state index in [1.54, 1.807) is 6.20 Å². The van der Waals surface area contributed by atoms with Gasteiger partial charge in [-0.05, 0) is 44.4 Å². The Labute approximate surface area is 206 Å². The highest BCUT2D eigenvalue weighted by molar-refractivity contribution is 5.92. The molecule has 6 rings (SSSR count).